The molecular formula is C13H29NS2. The first kappa shape index (κ1) is 16.7. The highest BCUT2D eigenvalue weighted by Crippen LogP contribution is 2.16. The average molecular weight is 264 g/mol. The third-order valence-corrected chi connectivity index (χ3v) is 2.98. The fourth-order valence-electron chi connectivity index (χ4n) is 1.71. The van der Waals surface area contributed by atoms with E-state index in [4.69, 9.17) is 0 Å². The minimum absolute atomic E-state index is 0.180. The highest BCUT2D eigenvalue weighted by atomic mass is 32.2. The number of unbranched alkanes of at least 4 members (excludes halogenated alkanes) is 7. The lowest BCUT2D eigenvalue weighted by Gasteiger charge is -2.16. The van der Waals surface area contributed by atoms with Crippen LogP contribution >= 0.6 is 25.3 Å². The Kier molecular flexibility index (Phi) is 11.2. The van der Waals surface area contributed by atoms with Crippen LogP contribution in [-0.2, 0) is 0 Å². The molecule has 3 heteroatoms. The largest absolute Gasteiger partial charge is 0.315 e. The third-order valence-electron chi connectivity index (χ3n) is 2.67. The maximum atomic E-state index is 4.35. The van der Waals surface area contributed by atoms with E-state index in [0.29, 0.717) is 0 Å². The lowest BCUT2D eigenvalue weighted by atomic mass is 10.1. The molecule has 0 saturated carbocycles. The number of hydrogen-bond donors (Lipinski definition) is 3. The normalized spacial score (nSPS) is 12.0. The van der Waals surface area contributed by atoms with Crippen molar-refractivity contribution < 1.29 is 0 Å². The molecule has 0 aromatic heterocycles. The van der Waals surface area contributed by atoms with Crippen LogP contribution in [0.15, 0.2) is 0 Å². The summed E-state index contributed by atoms with van der Waals surface area (Å²) in [7, 11) is 0. The summed E-state index contributed by atoms with van der Waals surface area (Å²) in [5.74, 6) is 0. The van der Waals surface area contributed by atoms with Crippen molar-refractivity contribution in [3.05, 3.63) is 0 Å². The third kappa shape index (κ3) is 14.7. The Morgan fingerprint density at radius 1 is 0.875 bits per heavy atom. The van der Waals surface area contributed by atoms with Gasteiger partial charge in [-0.15, -0.1) is 0 Å². The summed E-state index contributed by atoms with van der Waals surface area (Å²) in [4.78, 5) is 0. The maximum absolute atomic E-state index is 4.35. The van der Waals surface area contributed by atoms with Gasteiger partial charge in [0, 0.05) is 6.54 Å². The van der Waals surface area contributed by atoms with Crippen molar-refractivity contribution in [3.8, 4) is 0 Å². The topological polar surface area (TPSA) is 12.0 Å². The van der Waals surface area contributed by atoms with Gasteiger partial charge < -0.3 is 5.32 Å². The van der Waals surface area contributed by atoms with Gasteiger partial charge in [0.25, 0.3) is 0 Å². The maximum Gasteiger partial charge on any atom is 0.0647 e. The summed E-state index contributed by atoms with van der Waals surface area (Å²) in [5.41, 5.74) is 0. The number of hydrogen-bond acceptors (Lipinski definition) is 3. The van der Waals surface area contributed by atoms with Crippen molar-refractivity contribution in [1.82, 2.24) is 5.32 Å². The lowest BCUT2D eigenvalue weighted by molar-refractivity contribution is 0.553. The summed E-state index contributed by atoms with van der Waals surface area (Å²) in [6.45, 7) is 6.25. The molecule has 0 heterocycles. The second-order valence-corrected chi connectivity index (χ2v) is 7.20. The van der Waals surface area contributed by atoms with Crippen LogP contribution < -0.4 is 5.32 Å². The number of rotatable bonds is 11. The molecule has 0 aliphatic heterocycles. The standard InChI is InChI=1S/C13H29NS2/c1-3-4-5-6-7-8-9-10-11-14-12-13(2,15)16/h14-16H,3-12H2,1-2H3. The molecule has 0 amide bonds. The molecule has 1 nitrogen and oxygen atoms in total. The Labute approximate surface area is 113 Å². The van der Waals surface area contributed by atoms with Crippen molar-refractivity contribution >= 4 is 25.3 Å². The van der Waals surface area contributed by atoms with E-state index in [9.17, 15) is 0 Å². The molecule has 0 aromatic rings. The molecule has 0 aromatic carbocycles. The summed E-state index contributed by atoms with van der Waals surface area (Å²) >= 11 is 8.69. The summed E-state index contributed by atoms with van der Waals surface area (Å²) < 4.78 is -0.180. The molecular weight excluding hydrogens is 234 g/mol. The van der Waals surface area contributed by atoms with Crippen molar-refractivity contribution in [2.75, 3.05) is 13.1 Å². The Bertz CT molecular complexity index is 143. The van der Waals surface area contributed by atoms with Gasteiger partial charge in [-0.3, -0.25) is 0 Å². The van der Waals surface area contributed by atoms with Crippen molar-refractivity contribution in [3.63, 3.8) is 0 Å². The van der Waals surface area contributed by atoms with Crippen LogP contribution in [0.5, 0.6) is 0 Å². The van der Waals surface area contributed by atoms with Crippen molar-refractivity contribution in [2.24, 2.45) is 0 Å². The molecule has 1 N–H and O–H groups in total. The molecule has 0 aliphatic rings. The second-order valence-electron chi connectivity index (χ2n) is 4.87. The van der Waals surface area contributed by atoms with E-state index in [1.807, 2.05) is 6.92 Å². The van der Waals surface area contributed by atoms with Crippen LogP contribution in [0.25, 0.3) is 0 Å². The van der Waals surface area contributed by atoms with Gasteiger partial charge in [-0.05, 0) is 19.9 Å². The highest BCUT2D eigenvalue weighted by molar-refractivity contribution is 8.00. The summed E-state index contributed by atoms with van der Waals surface area (Å²) in [6, 6.07) is 0. The van der Waals surface area contributed by atoms with Crippen LogP contribution in [-0.4, -0.2) is 17.2 Å². The summed E-state index contributed by atoms with van der Waals surface area (Å²) in [5, 5.41) is 3.38. The van der Waals surface area contributed by atoms with E-state index in [1.165, 1.54) is 51.4 Å². The zero-order valence-electron chi connectivity index (χ0n) is 11.0. The summed E-state index contributed by atoms with van der Waals surface area (Å²) in [6.07, 6.45) is 11.0. The molecule has 0 atom stereocenters. The van der Waals surface area contributed by atoms with Crippen LogP contribution in [0.4, 0.5) is 0 Å². The van der Waals surface area contributed by atoms with Crippen LogP contribution in [0.1, 0.15) is 65.2 Å². The van der Waals surface area contributed by atoms with Gasteiger partial charge in [0.05, 0.1) is 4.08 Å². The first-order valence-corrected chi connectivity index (χ1v) is 7.61. The van der Waals surface area contributed by atoms with Gasteiger partial charge in [-0.25, -0.2) is 0 Å². The van der Waals surface area contributed by atoms with Crippen LogP contribution in [0.2, 0.25) is 0 Å². The Balaban J connectivity index is 2.99. The zero-order valence-corrected chi connectivity index (χ0v) is 12.8. The van der Waals surface area contributed by atoms with E-state index in [0.717, 1.165) is 13.1 Å². The second kappa shape index (κ2) is 10.8. The average Bonchev–Trinajstić information content (AvgIpc) is 2.19. The molecule has 16 heavy (non-hydrogen) atoms. The predicted octanol–water partition coefficient (Wildman–Crippen LogP) is 4.29. The number of thiol groups is 2. The van der Waals surface area contributed by atoms with Gasteiger partial charge >= 0.3 is 0 Å². The van der Waals surface area contributed by atoms with Gasteiger partial charge in [0.1, 0.15) is 0 Å². The zero-order chi connectivity index (χ0) is 12.3. The van der Waals surface area contributed by atoms with E-state index in [-0.39, 0.29) is 4.08 Å². The van der Waals surface area contributed by atoms with Gasteiger partial charge in [-0.1, -0.05) is 51.9 Å². The Hall–Kier alpha value is 0.660. The monoisotopic (exact) mass is 263 g/mol. The van der Waals surface area contributed by atoms with Gasteiger partial charge in [-0.2, -0.15) is 25.3 Å². The molecule has 0 radical (unpaired) electrons. The molecule has 0 spiro atoms. The van der Waals surface area contributed by atoms with Crippen molar-refractivity contribution in [2.45, 2.75) is 69.3 Å². The lowest BCUT2D eigenvalue weighted by Crippen LogP contribution is -2.28. The Morgan fingerprint density at radius 2 is 1.38 bits per heavy atom. The fourth-order valence-corrected chi connectivity index (χ4v) is 1.93. The van der Waals surface area contributed by atoms with E-state index in [2.05, 4.69) is 37.5 Å². The molecule has 0 rings (SSSR count). The number of nitrogens with one attached hydrogen (secondary N) is 1. The minimum atomic E-state index is -0.180. The predicted molar refractivity (Wildman–Crippen MR) is 81.9 cm³/mol. The smallest absolute Gasteiger partial charge is 0.0647 e. The van der Waals surface area contributed by atoms with Crippen LogP contribution in [0, 0.1) is 0 Å². The van der Waals surface area contributed by atoms with E-state index in [1.54, 1.807) is 0 Å². The fraction of sp³-hybridized carbons (Fsp3) is 1.00. The van der Waals surface area contributed by atoms with Crippen molar-refractivity contribution in [1.29, 1.82) is 0 Å². The molecule has 0 bridgehead atoms. The molecule has 98 valence electrons. The quantitative estimate of drug-likeness (QED) is 0.287. The van der Waals surface area contributed by atoms with E-state index < -0.39 is 0 Å². The van der Waals surface area contributed by atoms with Gasteiger partial charge in [0.15, 0.2) is 0 Å². The first-order valence-electron chi connectivity index (χ1n) is 6.71. The molecule has 0 unspecified atom stereocenters. The SMILES string of the molecule is CCCCCCCCCCNCC(C)(S)S. The minimum Gasteiger partial charge on any atom is -0.315 e. The highest BCUT2D eigenvalue weighted by Gasteiger charge is 2.10. The van der Waals surface area contributed by atoms with E-state index >= 15 is 0 Å². The molecule has 0 aliphatic carbocycles. The molecule has 0 fully saturated rings. The van der Waals surface area contributed by atoms with Gasteiger partial charge in [0.2, 0.25) is 0 Å². The molecule has 0 saturated heterocycles. The first-order chi connectivity index (χ1) is 7.56. The Morgan fingerprint density at radius 3 is 1.88 bits per heavy atom. The van der Waals surface area contributed by atoms with Crippen LogP contribution in [0.3, 0.4) is 0 Å².